The largest absolute Gasteiger partial charge is 0.462 e. The number of ether oxygens (including phenoxy) is 1. The standard InChI is InChI=1S/C21H24N2O2/c1-13(2)7-20(24)25-12-14-8-17-16-5-4-6-18-21(16)15(10-22-18)9-19(17)23(3)11-14/h4-8,10,14,19,22H,9,11-12H2,1-3H3/t14-,19-/m1/s1. The van der Waals surface area contributed by atoms with Gasteiger partial charge in [0.2, 0.25) is 0 Å². The molecule has 4 heteroatoms. The smallest absolute Gasteiger partial charge is 0.330 e. The van der Waals surface area contributed by atoms with E-state index >= 15 is 0 Å². The molecule has 0 unspecified atom stereocenters. The van der Waals surface area contributed by atoms with Crippen LogP contribution in [0.15, 0.2) is 42.1 Å². The molecule has 1 aromatic carbocycles. The van der Waals surface area contributed by atoms with Gasteiger partial charge in [-0.1, -0.05) is 23.8 Å². The van der Waals surface area contributed by atoms with Crippen molar-refractivity contribution in [1.82, 2.24) is 9.88 Å². The van der Waals surface area contributed by atoms with E-state index < -0.39 is 0 Å². The fourth-order valence-corrected chi connectivity index (χ4v) is 4.12. The lowest BCUT2D eigenvalue weighted by atomic mass is 9.80. The first-order chi connectivity index (χ1) is 12.0. The minimum Gasteiger partial charge on any atom is -0.462 e. The number of likely N-dealkylation sites (N-methyl/N-ethyl adjacent to an activating group) is 1. The van der Waals surface area contributed by atoms with Crippen LogP contribution in [0.25, 0.3) is 16.5 Å². The third-order valence-electron chi connectivity index (χ3n) is 5.19. The number of carbonyl (C=O) groups excluding carboxylic acids is 1. The molecule has 0 saturated heterocycles. The molecule has 4 nitrogen and oxygen atoms in total. The van der Waals surface area contributed by atoms with Crippen molar-refractivity contribution in [3.8, 4) is 0 Å². The molecule has 0 amide bonds. The van der Waals surface area contributed by atoms with Gasteiger partial charge < -0.3 is 9.72 Å². The highest BCUT2D eigenvalue weighted by molar-refractivity contribution is 5.98. The van der Waals surface area contributed by atoms with Gasteiger partial charge in [0, 0.05) is 41.7 Å². The summed E-state index contributed by atoms with van der Waals surface area (Å²) in [5.41, 5.74) is 6.25. The Hall–Kier alpha value is -2.33. The molecule has 1 aromatic heterocycles. The molecule has 2 aromatic rings. The van der Waals surface area contributed by atoms with Crippen LogP contribution >= 0.6 is 0 Å². The van der Waals surface area contributed by atoms with E-state index in [1.54, 1.807) is 6.08 Å². The van der Waals surface area contributed by atoms with Crippen molar-refractivity contribution in [2.75, 3.05) is 20.2 Å². The minimum atomic E-state index is -0.248. The summed E-state index contributed by atoms with van der Waals surface area (Å²) in [5, 5.41) is 1.35. The van der Waals surface area contributed by atoms with Crippen molar-refractivity contribution in [3.05, 3.63) is 53.2 Å². The topological polar surface area (TPSA) is 45.3 Å². The molecule has 1 N–H and O–H groups in total. The van der Waals surface area contributed by atoms with Crippen molar-refractivity contribution >= 4 is 22.4 Å². The fraction of sp³-hybridized carbons (Fsp3) is 0.381. The molecule has 2 aliphatic rings. The van der Waals surface area contributed by atoms with Crippen LogP contribution in [0.4, 0.5) is 0 Å². The van der Waals surface area contributed by atoms with Gasteiger partial charge in [-0.15, -0.1) is 0 Å². The van der Waals surface area contributed by atoms with Gasteiger partial charge in [0.05, 0.1) is 6.61 Å². The maximum Gasteiger partial charge on any atom is 0.330 e. The molecule has 0 bridgehead atoms. The number of esters is 1. The Morgan fingerprint density at radius 2 is 2.24 bits per heavy atom. The van der Waals surface area contributed by atoms with Crippen LogP contribution in [-0.2, 0) is 16.0 Å². The Bertz CT molecular complexity index is 886. The maximum absolute atomic E-state index is 11.8. The predicted octanol–water partition coefficient (Wildman–Crippen LogP) is 3.55. The Labute approximate surface area is 148 Å². The van der Waals surface area contributed by atoms with Crippen molar-refractivity contribution in [3.63, 3.8) is 0 Å². The average Bonchev–Trinajstić information content (AvgIpc) is 2.98. The molecule has 1 aliphatic carbocycles. The van der Waals surface area contributed by atoms with E-state index in [-0.39, 0.29) is 11.9 Å². The molecule has 4 rings (SSSR count). The van der Waals surface area contributed by atoms with E-state index in [0.29, 0.717) is 12.6 Å². The van der Waals surface area contributed by atoms with E-state index in [4.69, 9.17) is 4.74 Å². The summed E-state index contributed by atoms with van der Waals surface area (Å²) < 4.78 is 5.46. The minimum absolute atomic E-state index is 0.224. The Morgan fingerprint density at radius 1 is 1.40 bits per heavy atom. The normalized spacial score (nSPS) is 22.3. The summed E-state index contributed by atoms with van der Waals surface area (Å²) in [7, 11) is 2.17. The summed E-state index contributed by atoms with van der Waals surface area (Å²) in [6.07, 6.45) is 7.05. The Morgan fingerprint density at radius 3 is 3.04 bits per heavy atom. The monoisotopic (exact) mass is 336 g/mol. The zero-order chi connectivity index (χ0) is 17.6. The summed E-state index contributed by atoms with van der Waals surface area (Å²) in [6.45, 7) is 5.14. The van der Waals surface area contributed by atoms with E-state index in [9.17, 15) is 4.79 Å². The number of fused-ring (bicyclic) bond motifs is 2. The number of allylic oxidation sites excluding steroid dienone is 1. The molecular formula is C21H24N2O2. The van der Waals surface area contributed by atoms with Crippen molar-refractivity contribution in [2.45, 2.75) is 26.3 Å². The summed E-state index contributed by atoms with van der Waals surface area (Å²) in [6, 6.07) is 6.86. The number of nitrogens with zero attached hydrogens (tertiary/aromatic N) is 1. The van der Waals surface area contributed by atoms with Gasteiger partial charge in [-0.2, -0.15) is 0 Å². The van der Waals surface area contributed by atoms with Gasteiger partial charge in [0.15, 0.2) is 0 Å². The van der Waals surface area contributed by atoms with Crippen LogP contribution in [0.5, 0.6) is 0 Å². The van der Waals surface area contributed by atoms with Gasteiger partial charge in [0.1, 0.15) is 0 Å². The first-order valence-corrected chi connectivity index (χ1v) is 8.86. The van der Waals surface area contributed by atoms with Crippen LogP contribution in [0, 0.1) is 5.92 Å². The molecule has 2 atom stereocenters. The highest BCUT2D eigenvalue weighted by Gasteiger charge is 2.33. The highest BCUT2D eigenvalue weighted by Crippen LogP contribution is 2.40. The van der Waals surface area contributed by atoms with Gasteiger partial charge in [-0.05, 0) is 50.1 Å². The zero-order valence-electron chi connectivity index (χ0n) is 15.0. The quantitative estimate of drug-likeness (QED) is 0.689. The van der Waals surface area contributed by atoms with Crippen LogP contribution < -0.4 is 0 Å². The van der Waals surface area contributed by atoms with E-state index in [1.165, 1.54) is 27.6 Å². The van der Waals surface area contributed by atoms with Crippen molar-refractivity contribution in [1.29, 1.82) is 0 Å². The third kappa shape index (κ3) is 2.91. The fourth-order valence-electron chi connectivity index (χ4n) is 4.12. The number of hydrogen-bond acceptors (Lipinski definition) is 3. The van der Waals surface area contributed by atoms with Crippen LogP contribution in [0.2, 0.25) is 0 Å². The number of carbonyl (C=O) groups is 1. The number of H-pyrrole nitrogens is 1. The molecule has 0 saturated carbocycles. The second kappa shape index (κ2) is 6.19. The molecule has 1 aliphatic heterocycles. The number of rotatable bonds is 3. The summed E-state index contributed by atoms with van der Waals surface area (Å²) >= 11 is 0. The van der Waals surface area contributed by atoms with Gasteiger partial charge in [-0.25, -0.2) is 4.79 Å². The lowest BCUT2D eigenvalue weighted by Crippen LogP contribution is -2.43. The maximum atomic E-state index is 11.8. The lowest BCUT2D eigenvalue weighted by Gasteiger charge is -2.39. The first kappa shape index (κ1) is 16.2. The van der Waals surface area contributed by atoms with Gasteiger partial charge in [0.25, 0.3) is 0 Å². The van der Waals surface area contributed by atoms with E-state index in [1.807, 2.05) is 13.8 Å². The molecule has 0 fully saturated rings. The Kier molecular flexibility index (Phi) is 4.00. The third-order valence-corrected chi connectivity index (χ3v) is 5.19. The van der Waals surface area contributed by atoms with Crippen molar-refractivity contribution < 1.29 is 9.53 Å². The van der Waals surface area contributed by atoms with Crippen LogP contribution in [-0.4, -0.2) is 42.1 Å². The second-order valence-corrected chi connectivity index (χ2v) is 7.44. The SMILES string of the molecule is CC(C)=CC(=O)OC[C@@H]1C=C2c3cccc4[nH]cc(c34)C[C@H]2N(C)C1. The zero-order valence-corrected chi connectivity index (χ0v) is 15.0. The average molecular weight is 336 g/mol. The van der Waals surface area contributed by atoms with Crippen LogP contribution in [0.1, 0.15) is 25.0 Å². The molecular weight excluding hydrogens is 312 g/mol. The van der Waals surface area contributed by atoms with E-state index in [0.717, 1.165) is 18.5 Å². The molecule has 0 spiro atoms. The van der Waals surface area contributed by atoms with E-state index in [2.05, 4.69) is 47.4 Å². The lowest BCUT2D eigenvalue weighted by molar-refractivity contribution is -0.138. The molecule has 25 heavy (non-hydrogen) atoms. The van der Waals surface area contributed by atoms with Crippen LogP contribution in [0.3, 0.4) is 0 Å². The number of hydrogen-bond donors (Lipinski definition) is 1. The molecule has 130 valence electrons. The molecule has 0 radical (unpaired) electrons. The number of nitrogens with one attached hydrogen (secondary N) is 1. The second-order valence-electron chi connectivity index (χ2n) is 7.44. The first-order valence-electron chi connectivity index (χ1n) is 8.86. The van der Waals surface area contributed by atoms with Gasteiger partial charge in [-0.3, -0.25) is 4.90 Å². The number of aromatic amines is 1. The van der Waals surface area contributed by atoms with Crippen molar-refractivity contribution in [2.24, 2.45) is 5.92 Å². The number of benzene rings is 1. The van der Waals surface area contributed by atoms with Gasteiger partial charge >= 0.3 is 5.97 Å². The summed E-state index contributed by atoms with van der Waals surface area (Å²) in [4.78, 5) is 17.6. The number of aromatic nitrogens is 1. The predicted molar refractivity (Wildman–Crippen MR) is 100 cm³/mol. The highest BCUT2D eigenvalue weighted by atomic mass is 16.5. The Balaban J connectivity index is 1.63. The molecule has 2 heterocycles. The summed E-state index contributed by atoms with van der Waals surface area (Å²) in [5.74, 6) is -0.0247.